The lowest BCUT2D eigenvalue weighted by Gasteiger charge is -2.48. The molecule has 0 saturated carbocycles. The molecule has 2 saturated heterocycles. The largest absolute Gasteiger partial charge is 0.314 e. The third-order valence-electron chi connectivity index (χ3n) is 3.51. The Morgan fingerprint density at radius 3 is 2.64 bits per heavy atom. The second-order valence-corrected chi connectivity index (χ2v) is 5.51. The predicted octanol–water partition coefficient (Wildman–Crippen LogP) is 0.374. The molecule has 0 aromatic heterocycles. The molecule has 2 aliphatic rings. The molecule has 14 heavy (non-hydrogen) atoms. The average Bonchev–Trinajstić information content (AvgIpc) is 2.16. The molecule has 3 heteroatoms. The molecule has 82 valence electrons. The fourth-order valence-electron chi connectivity index (χ4n) is 2.48. The Hall–Kier alpha value is -0.120. The molecule has 3 nitrogen and oxygen atoms in total. The Balaban J connectivity index is 1.96. The maximum absolute atomic E-state index is 3.49. The van der Waals surface area contributed by atoms with Gasteiger partial charge in [-0.15, -0.1) is 0 Å². The van der Waals surface area contributed by atoms with E-state index in [1.54, 1.807) is 0 Å². The van der Waals surface area contributed by atoms with Gasteiger partial charge in [-0.1, -0.05) is 0 Å². The molecule has 1 atom stereocenters. The summed E-state index contributed by atoms with van der Waals surface area (Å²) in [4.78, 5) is 5.25. The summed E-state index contributed by atoms with van der Waals surface area (Å²) in [7, 11) is 0. The number of rotatable bonds is 0. The molecule has 0 amide bonds. The molecular formula is C11H23N3. The molecule has 2 aliphatic heterocycles. The fourth-order valence-corrected chi connectivity index (χ4v) is 2.48. The van der Waals surface area contributed by atoms with Gasteiger partial charge in [0, 0.05) is 50.8 Å². The van der Waals surface area contributed by atoms with Crippen LogP contribution in [-0.2, 0) is 0 Å². The van der Waals surface area contributed by atoms with Gasteiger partial charge in [0.15, 0.2) is 0 Å². The molecule has 0 bridgehead atoms. The summed E-state index contributed by atoms with van der Waals surface area (Å²) in [5.41, 5.74) is 0.337. The first-order valence-electron chi connectivity index (χ1n) is 5.77. The lowest BCUT2D eigenvalue weighted by atomic mass is 10.0. The van der Waals surface area contributed by atoms with Crippen LogP contribution in [0.5, 0.6) is 0 Å². The maximum atomic E-state index is 3.49. The first-order chi connectivity index (χ1) is 6.57. The monoisotopic (exact) mass is 197 g/mol. The van der Waals surface area contributed by atoms with Crippen molar-refractivity contribution in [2.75, 3.05) is 39.3 Å². The number of fused-ring (bicyclic) bond motifs is 1. The van der Waals surface area contributed by atoms with Gasteiger partial charge in [-0.05, 0) is 20.8 Å². The molecule has 0 radical (unpaired) electrons. The smallest absolute Gasteiger partial charge is 0.0349 e. The van der Waals surface area contributed by atoms with Crippen LogP contribution in [0.4, 0.5) is 0 Å². The zero-order valence-corrected chi connectivity index (χ0v) is 9.71. The van der Waals surface area contributed by atoms with Crippen molar-refractivity contribution in [3.05, 3.63) is 0 Å². The van der Waals surface area contributed by atoms with Crippen LogP contribution in [0.15, 0.2) is 0 Å². The number of piperazine rings is 2. The molecule has 2 fully saturated rings. The van der Waals surface area contributed by atoms with Crippen LogP contribution in [0, 0.1) is 0 Å². The molecular weight excluding hydrogens is 174 g/mol. The lowest BCUT2D eigenvalue weighted by Crippen LogP contribution is -2.63. The van der Waals surface area contributed by atoms with Crippen LogP contribution >= 0.6 is 0 Å². The average molecular weight is 197 g/mol. The van der Waals surface area contributed by atoms with Gasteiger partial charge in [0.25, 0.3) is 0 Å². The molecule has 2 heterocycles. The topological polar surface area (TPSA) is 18.5 Å². The van der Waals surface area contributed by atoms with E-state index >= 15 is 0 Å². The van der Waals surface area contributed by atoms with E-state index in [0.29, 0.717) is 5.54 Å². The highest BCUT2D eigenvalue weighted by Crippen LogP contribution is 2.19. The van der Waals surface area contributed by atoms with E-state index in [4.69, 9.17) is 0 Å². The minimum absolute atomic E-state index is 0.337. The lowest BCUT2D eigenvalue weighted by molar-refractivity contribution is 0.0120. The zero-order valence-electron chi connectivity index (χ0n) is 9.71. The minimum atomic E-state index is 0.337. The third kappa shape index (κ3) is 2.10. The molecule has 0 aromatic carbocycles. The summed E-state index contributed by atoms with van der Waals surface area (Å²) < 4.78 is 0. The summed E-state index contributed by atoms with van der Waals surface area (Å²) in [6.45, 7) is 14.3. The molecule has 0 aromatic rings. The van der Waals surface area contributed by atoms with Gasteiger partial charge >= 0.3 is 0 Å². The van der Waals surface area contributed by atoms with E-state index in [1.165, 1.54) is 39.3 Å². The highest BCUT2D eigenvalue weighted by Gasteiger charge is 2.33. The van der Waals surface area contributed by atoms with Crippen LogP contribution in [0.25, 0.3) is 0 Å². The summed E-state index contributed by atoms with van der Waals surface area (Å²) in [6.07, 6.45) is 0. The van der Waals surface area contributed by atoms with Crippen molar-refractivity contribution in [3.8, 4) is 0 Å². The number of hydrogen-bond acceptors (Lipinski definition) is 3. The molecule has 2 rings (SSSR count). The standard InChI is InChI=1S/C11H23N3/c1-11(2,3)14-7-6-13-5-4-12-8-10(13)9-14/h10,12H,4-9H2,1-3H3. The van der Waals surface area contributed by atoms with Crippen molar-refractivity contribution in [2.24, 2.45) is 0 Å². The van der Waals surface area contributed by atoms with E-state index < -0.39 is 0 Å². The Bertz CT molecular complexity index is 197. The fraction of sp³-hybridized carbons (Fsp3) is 1.00. The summed E-state index contributed by atoms with van der Waals surface area (Å²) >= 11 is 0. The first-order valence-corrected chi connectivity index (χ1v) is 5.77. The van der Waals surface area contributed by atoms with E-state index in [9.17, 15) is 0 Å². The zero-order chi connectivity index (χ0) is 10.2. The van der Waals surface area contributed by atoms with E-state index in [1.807, 2.05) is 0 Å². The number of nitrogens with zero attached hydrogens (tertiary/aromatic N) is 2. The Kier molecular flexibility index (Phi) is 2.82. The van der Waals surface area contributed by atoms with Gasteiger partial charge in [-0.25, -0.2) is 0 Å². The molecule has 0 aliphatic carbocycles. The Labute approximate surface area is 87.4 Å². The van der Waals surface area contributed by atoms with Gasteiger partial charge in [-0.2, -0.15) is 0 Å². The van der Waals surface area contributed by atoms with Crippen molar-refractivity contribution in [1.29, 1.82) is 0 Å². The van der Waals surface area contributed by atoms with Gasteiger partial charge < -0.3 is 5.32 Å². The van der Waals surface area contributed by atoms with Gasteiger partial charge in [0.2, 0.25) is 0 Å². The van der Waals surface area contributed by atoms with E-state index in [-0.39, 0.29) is 0 Å². The predicted molar refractivity (Wildman–Crippen MR) is 59.6 cm³/mol. The number of hydrogen-bond donors (Lipinski definition) is 1. The molecule has 1 N–H and O–H groups in total. The van der Waals surface area contributed by atoms with Crippen LogP contribution in [0.1, 0.15) is 20.8 Å². The second kappa shape index (κ2) is 3.80. The highest BCUT2D eigenvalue weighted by molar-refractivity contribution is 4.91. The maximum Gasteiger partial charge on any atom is 0.0349 e. The van der Waals surface area contributed by atoms with Crippen LogP contribution in [0.3, 0.4) is 0 Å². The normalized spacial score (nSPS) is 31.5. The van der Waals surface area contributed by atoms with Gasteiger partial charge in [-0.3, -0.25) is 9.80 Å². The van der Waals surface area contributed by atoms with Gasteiger partial charge in [0.1, 0.15) is 0 Å². The van der Waals surface area contributed by atoms with Crippen LogP contribution in [-0.4, -0.2) is 60.6 Å². The van der Waals surface area contributed by atoms with Crippen molar-refractivity contribution in [1.82, 2.24) is 15.1 Å². The highest BCUT2D eigenvalue weighted by atomic mass is 15.3. The second-order valence-electron chi connectivity index (χ2n) is 5.51. The Morgan fingerprint density at radius 1 is 1.14 bits per heavy atom. The summed E-state index contributed by atoms with van der Waals surface area (Å²) in [6, 6.07) is 0.747. The Morgan fingerprint density at radius 2 is 1.93 bits per heavy atom. The van der Waals surface area contributed by atoms with Crippen LogP contribution < -0.4 is 5.32 Å². The third-order valence-corrected chi connectivity index (χ3v) is 3.51. The SMILES string of the molecule is CC(C)(C)N1CCN2CCNCC2C1. The quantitative estimate of drug-likeness (QED) is 0.605. The number of nitrogens with one attached hydrogen (secondary N) is 1. The first kappa shape index (κ1) is 10.4. The van der Waals surface area contributed by atoms with E-state index in [2.05, 4.69) is 35.9 Å². The van der Waals surface area contributed by atoms with Crippen molar-refractivity contribution in [3.63, 3.8) is 0 Å². The van der Waals surface area contributed by atoms with Crippen molar-refractivity contribution >= 4 is 0 Å². The van der Waals surface area contributed by atoms with Crippen molar-refractivity contribution in [2.45, 2.75) is 32.4 Å². The van der Waals surface area contributed by atoms with E-state index in [0.717, 1.165) is 6.04 Å². The summed E-state index contributed by atoms with van der Waals surface area (Å²) in [5.74, 6) is 0. The van der Waals surface area contributed by atoms with Crippen LogP contribution in [0.2, 0.25) is 0 Å². The molecule has 0 spiro atoms. The van der Waals surface area contributed by atoms with Gasteiger partial charge in [0.05, 0.1) is 0 Å². The molecule has 1 unspecified atom stereocenters. The summed E-state index contributed by atoms with van der Waals surface area (Å²) in [5, 5.41) is 3.49. The van der Waals surface area contributed by atoms with Crippen molar-refractivity contribution < 1.29 is 0 Å². The minimum Gasteiger partial charge on any atom is -0.314 e.